The molecule has 2 aromatic heterocycles. The predicted molar refractivity (Wildman–Crippen MR) is 95.9 cm³/mol. The molecule has 10 heteroatoms. The second-order valence-corrected chi connectivity index (χ2v) is 8.52. The molecule has 0 N–H and O–H groups in total. The molecule has 0 saturated carbocycles. The van der Waals surface area contributed by atoms with Gasteiger partial charge < -0.3 is 8.83 Å². The molecule has 0 bridgehead atoms. The van der Waals surface area contributed by atoms with Crippen LogP contribution in [-0.4, -0.2) is 40.6 Å². The Kier molecular flexibility index (Phi) is 4.39. The Morgan fingerprint density at radius 3 is 2.56 bits per heavy atom. The van der Waals surface area contributed by atoms with E-state index in [4.69, 9.17) is 8.83 Å². The van der Waals surface area contributed by atoms with E-state index in [1.54, 1.807) is 13.0 Å². The summed E-state index contributed by atoms with van der Waals surface area (Å²) in [7, 11) is -3.67. The topological polar surface area (TPSA) is 111 Å². The second-order valence-electron chi connectivity index (χ2n) is 6.58. The second kappa shape index (κ2) is 6.61. The van der Waals surface area contributed by atoms with Crippen LogP contribution in [-0.2, 0) is 16.6 Å². The van der Waals surface area contributed by atoms with Crippen LogP contribution in [0.2, 0.25) is 0 Å². The number of sulfonamides is 1. The molecule has 0 atom stereocenters. The van der Waals surface area contributed by atoms with Crippen molar-refractivity contribution in [2.24, 2.45) is 0 Å². The van der Waals surface area contributed by atoms with Gasteiger partial charge in [0.2, 0.25) is 21.8 Å². The fourth-order valence-electron chi connectivity index (χ4n) is 3.48. The summed E-state index contributed by atoms with van der Waals surface area (Å²) >= 11 is 0. The molecule has 0 amide bonds. The molecule has 0 spiro atoms. The Balaban J connectivity index is 1.57. The quantitative estimate of drug-likeness (QED) is 0.666. The van der Waals surface area contributed by atoms with E-state index in [0.29, 0.717) is 49.8 Å². The van der Waals surface area contributed by atoms with Crippen molar-refractivity contribution >= 4 is 21.1 Å². The highest BCUT2D eigenvalue weighted by Gasteiger charge is 2.32. The zero-order valence-electron chi connectivity index (χ0n) is 15.1. The number of hydrogen-bond donors (Lipinski definition) is 0. The van der Waals surface area contributed by atoms with Gasteiger partial charge in [0.1, 0.15) is 0 Å². The molecule has 4 rings (SSSR count). The van der Waals surface area contributed by atoms with Crippen molar-refractivity contribution in [2.75, 3.05) is 13.1 Å². The molecule has 0 unspecified atom stereocenters. The number of oxazole rings is 1. The van der Waals surface area contributed by atoms with Gasteiger partial charge in [0, 0.05) is 38.5 Å². The number of piperidine rings is 1. The molecule has 27 heavy (non-hydrogen) atoms. The first kappa shape index (κ1) is 17.9. The fraction of sp³-hybridized carbons (Fsp3) is 0.471. The van der Waals surface area contributed by atoms with Crippen LogP contribution in [0.25, 0.3) is 11.1 Å². The van der Waals surface area contributed by atoms with E-state index in [9.17, 15) is 13.2 Å². The number of benzene rings is 1. The van der Waals surface area contributed by atoms with Crippen molar-refractivity contribution in [2.45, 2.75) is 44.0 Å². The van der Waals surface area contributed by atoms with Crippen molar-refractivity contribution in [3.63, 3.8) is 0 Å². The van der Waals surface area contributed by atoms with Crippen molar-refractivity contribution in [1.29, 1.82) is 0 Å². The van der Waals surface area contributed by atoms with Gasteiger partial charge in [0.05, 0.1) is 10.4 Å². The summed E-state index contributed by atoms with van der Waals surface area (Å²) in [6, 6.07) is 4.56. The molecule has 3 heterocycles. The lowest BCUT2D eigenvalue weighted by atomic mass is 9.98. The van der Waals surface area contributed by atoms with Gasteiger partial charge in [-0.1, -0.05) is 0 Å². The normalized spacial score (nSPS) is 17.0. The Morgan fingerprint density at radius 1 is 1.19 bits per heavy atom. The Morgan fingerprint density at radius 2 is 1.93 bits per heavy atom. The van der Waals surface area contributed by atoms with Gasteiger partial charge in [0.25, 0.3) is 0 Å². The third-order valence-corrected chi connectivity index (χ3v) is 6.83. The zero-order chi connectivity index (χ0) is 19.2. The lowest BCUT2D eigenvalue weighted by molar-refractivity contribution is 0.288. The fourth-order valence-corrected chi connectivity index (χ4v) is 4.96. The number of hydrogen-bond acceptors (Lipinski definition) is 7. The molecule has 0 aliphatic carbocycles. The predicted octanol–water partition coefficient (Wildman–Crippen LogP) is 1.87. The monoisotopic (exact) mass is 392 g/mol. The van der Waals surface area contributed by atoms with E-state index in [2.05, 4.69) is 10.2 Å². The van der Waals surface area contributed by atoms with Crippen LogP contribution in [0.5, 0.6) is 0 Å². The maximum Gasteiger partial charge on any atom is 0.419 e. The summed E-state index contributed by atoms with van der Waals surface area (Å²) in [5, 5.41) is 7.87. The van der Waals surface area contributed by atoms with Crippen LogP contribution in [0.1, 0.15) is 37.5 Å². The van der Waals surface area contributed by atoms with E-state index in [-0.39, 0.29) is 16.4 Å². The van der Waals surface area contributed by atoms with Crippen LogP contribution >= 0.6 is 0 Å². The van der Waals surface area contributed by atoms with Crippen molar-refractivity contribution in [3.8, 4) is 0 Å². The molecule has 144 valence electrons. The van der Waals surface area contributed by atoms with Crippen molar-refractivity contribution in [3.05, 3.63) is 40.5 Å². The first-order valence-corrected chi connectivity index (χ1v) is 10.3. The van der Waals surface area contributed by atoms with E-state index < -0.39 is 15.8 Å². The minimum absolute atomic E-state index is 0.0664. The lowest BCUT2D eigenvalue weighted by Crippen LogP contribution is -2.37. The third-order valence-electron chi connectivity index (χ3n) is 4.94. The molecule has 1 aliphatic heterocycles. The highest BCUT2D eigenvalue weighted by molar-refractivity contribution is 7.89. The van der Waals surface area contributed by atoms with Crippen LogP contribution in [0, 0.1) is 6.92 Å². The molecular weight excluding hydrogens is 372 g/mol. The highest BCUT2D eigenvalue weighted by atomic mass is 32.2. The van der Waals surface area contributed by atoms with E-state index in [0.717, 1.165) is 0 Å². The van der Waals surface area contributed by atoms with Crippen LogP contribution < -0.4 is 5.76 Å². The minimum atomic E-state index is -3.67. The third kappa shape index (κ3) is 3.08. The Bertz CT molecular complexity index is 1140. The molecule has 9 nitrogen and oxygen atoms in total. The number of fused-ring (bicyclic) bond motifs is 1. The summed E-state index contributed by atoms with van der Waals surface area (Å²) in [4.78, 5) is 11.9. The van der Waals surface area contributed by atoms with Gasteiger partial charge in [0.15, 0.2) is 5.58 Å². The van der Waals surface area contributed by atoms with Gasteiger partial charge in [-0.3, -0.25) is 4.57 Å². The molecule has 1 saturated heterocycles. The molecular formula is C17H20N4O5S. The number of rotatable bonds is 4. The number of nitrogens with zero attached hydrogens (tertiary/aromatic N) is 4. The first-order valence-electron chi connectivity index (χ1n) is 8.83. The zero-order valence-corrected chi connectivity index (χ0v) is 15.9. The highest BCUT2D eigenvalue weighted by Crippen LogP contribution is 2.30. The standard InChI is InChI=1S/C17H20N4O5S/c1-3-21-14-5-4-13(10-15(14)26-17(21)22)27(23,24)20-8-6-12(7-9-20)16-19-18-11(2)25-16/h4-5,10,12H,3,6-9H2,1-2H3. The Labute approximate surface area is 155 Å². The SMILES string of the molecule is CCn1c(=O)oc2cc(S(=O)(=O)N3CCC(c4nnc(C)o4)CC3)ccc21. The summed E-state index contributed by atoms with van der Waals surface area (Å²) in [6.07, 6.45) is 1.23. The average molecular weight is 392 g/mol. The Hall–Kier alpha value is -2.46. The summed E-state index contributed by atoms with van der Waals surface area (Å²) in [5.74, 6) is 0.650. The van der Waals surface area contributed by atoms with Gasteiger partial charge in [-0.15, -0.1) is 10.2 Å². The maximum absolute atomic E-state index is 13.0. The lowest BCUT2D eigenvalue weighted by Gasteiger charge is -2.29. The van der Waals surface area contributed by atoms with Crippen LogP contribution in [0.4, 0.5) is 0 Å². The van der Waals surface area contributed by atoms with Crippen LogP contribution in [0.15, 0.2) is 36.7 Å². The number of aryl methyl sites for hydroxylation is 2. The molecule has 3 aromatic rings. The van der Waals surface area contributed by atoms with Gasteiger partial charge in [-0.05, 0) is 31.9 Å². The largest absolute Gasteiger partial charge is 0.425 e. The average Bonchev–Trinajstić information content (AvgIpc) is 3.23. The molecule has 1 aromatic carbocycles. The summed E-state index contributed by atoms with van der Waals surface area (Å²) in [6.45, 7) is 4.76. The first-order chi connectivity index (χ1) is 12.9. The van der Waals surface area contributed by atoms with E-state index in [1.165, 1.54) is 21.0 Å². The molecule has 1 fully saturated rings. The summed E-state index contributed by atoms with van der Waals surface area (Å²) in [5.41, 5.74) is 0.867. The minimum Gasteiger partial charge on any atom is -0.425 e. The molecule has 1 aliphatic rings. The maximum atomic E-state index is 13.0. The van der Waals surface area contributed by atoms with Gasteiger partial charge >= 0.3 is 5.76 Å². The van der Waals surface area contributed by atoms with Gasteiger partial charge in [-0.25, -0.2) is 13.2 Å². The van der Waals surface area contributed by atoms with Crippen LogP contribution in [0.3, 0.4) is 0 Å². The van der Waals surface area contributed by atoms with Gasteiger partial charge in [-0.2, -0.15) is 4.31 Å². The van der Waals surface area contributed by atoms with E-state index >= 15 is 0 Å². The smallest absolute Gasteiger partial charge is 0.419 e. The van der Waals surface area contributed by atoms with Crippen molar-refractivity contribution in [1.82, 2.24) is 19.1 Å². The van der Waals surface area contributed by atoms with E-state index in [1.807, 2.05) is 6.92 Å². The summed E-state index contributed by atoms with van der Waals surface area (Å²) < 4.78 is 39.5. The molecule has 0 radical (unpaired) electrons. The van der Waals surface area contributed by atoms with Crippen molar-refractivity contribution < 1.29 is 17.3 Å². The number of aromatic nitrogens is 3.